The highest BCUT2D eigenvalue weighted by Gasteiger charge is 2.24. The summed E-state index contributed by atoms with van der Waals surface area (Å²) in [6, 6.07) is 7.98. The van der Waals surface area contributed by atoms with E-state index in [0.29, 0.717) is 13.0 Å². The van der Waals surface area contributed by atoms with Crippen molar-refractivity contribution in [3.8, 4) is 0 Å². The molecule has 8 heteroatoms. The number of guanidine groups is 1. The zero-order valence-corrected chi connectivity index (χ0v) is 20.8. The lowest BCUT2D eigenvalue weighted by Crippen LogP contribution is -2.46. The highest BCUT2D eigenvalue weighted by molar-refractivity contribution is 14.0. The van der Waals surface area contributed by atoms with E-state index in [-0.39, 0.29) is 47.6 Å². The fraction of sp³-hybridized carbons (Fsp3) is 0.609. The van der Waals surface area contributed by atoms with Crippen molar-refractivity contribution in [1.82, 2.24) is 10.2 Å². The van der Waals surface area contributed by atoms with Crippen molar-refractivity contribution < 1.29 is 9.59 Å². The minimum absolute atomic E-state index is 0. The van der Waals surface area contributed by atoms with Gasteiger partial charge in [0.05, 0.1) is 0 Å². The molecule has 2 aliphatic rings. The van der Waals surface area contributed by atoms with E-state index in [1.807, 2.05) is 24.3 Å². The molecule has 1 aromatic carbocycles. The summed E-state index contributed by atoms with van der Waals surface area (Å²) in [7, 11) is 1.78. The number of nitrogens with two attached hydrogens (primary N) is 1. The van der Waals surface area contributed by atoms with Gasteiger partial charge in [-0.1, -0.05) is 31.4 Å². The number of rotatable bonds is 6. The minimum atomic E-state index is -0.239. The number of piperidine rings is 1. The standard InChI is InChI=1S/C23H35N5O2.HI/c1-25-23(28-12-6-8-18(16-28)14-21(24)29)26-15-17-7-5-11-20(13-17)27-22(30)19-9-3-2-4-10-19;/h5,7,11,13,18-19H,2-4,6,8-10,12,14-16H2,1H3,(H2,24,29)(H,25,26)(H,27,30);1H. The third-order valence-electron chi connectivity index (χ3n) is 6.14. The first-order valence-corrected chi connectivity index (χ1v) is 11.2. The molecule has 2 amide bonds. The second-order valence-corrected chi connectivity index (χ2v) is 8.55. The summed E-state index contributed by atoms with van der Waals surface area (Å²) in [5, 5.41) is 6.51. The number of carbonyl (C=O) groups is 2. The molecule has 4 N–H and O–H groups in total. The first kappa shape index (κ1) is 25.4. The molecule has 1 aromatic rings. The molecule has 0 bridgehead atoms. The molecule has 0 radical (unpaired) electrons. The van der Waals surface area contributed by atoms with Gasteiger partial charge in [-0.05, 0) is 49.3 Å². The van der Waals surface area contributed by atoms with Gasteiger partial charge in [0.2, 0.25) is 11.8 Å². The van der Waals surface area contributed by atoms with Crippen molar-refractivity contribution in [3.63, 3.8) is 0 Å². The van der Waals surface area contributed by atoms with Crippen LogP contribution in [0.3, 0.4) is 0 Å². The Balaban J connectivity index is 0.00000341. The largest absolute Gasteiger partial charge is 0.370 e. The van der Waals surface area contributed by atoms with E-state index < -0.39 is 0 Å². The van der Waals surface area contributed by atoms with Gasteiger partial charge in [0, 0.05) is 44.7 Å². The molecule has 31 heavy (non-hydrogen) atoms. The number of nitrogens with zero attached hydrogens (tertiary/aromatic N) is 2. The number of likely N-dealkylation sites (tertiary alicyclic amines) is 1. The average molecular weight is 541 g/mol. The van der Waals surface area contributed by atoms with E-state index in [1.165, 1.54) is 6.42 Å². The summed E-state index contributed by atoms with van der Waals surface area (Å²) in [5.74, 6) is 1.17. The normalized spacial score (nSPS) is 20.0. The maximum Gasteiger partial charge on any atom is 0.227 e. The lowest BCUT2D eigenvalue weighted by Gasteiger charge is -2.34. The summed E-state index contributed by atoms with van der Waals surface area (Å²) < 4.78 is 0. The van der Waals surface area contributed by atoms with Crippen LogP contribution in [0.2, 0.25) is 0 Å². The number of amides is 2. The predicted octanol–water partition coefficient (Wildman–Crippen LogP) is 3.49. The molecule has 172 valence electrons. The number of hydrogen-bond donors (Lipinski definition) is 3. The van der Waals surface area contributed by atoms with Crippen molar-refractivity contribution >= 4 is 47.4 Å². The molecule has 1 atom stereocenters. The van der Waals surface area contributed by atoms with Gasteiger partial charge in [0.15, 0.2) is 5.96 Å². The monoisotopic (exact) mass is 541 g/mol. The zero-order valence-electron chi connectivity index (χ0n) is 18.4. The second kappa shape index (κ2) is 12.9. The fourth-order valence-electron chi connectivity index (χ4n) is 4.59. The first-order valence-electron chi connectivity index (χ1n) is 11.2. The van der Waals surface area contributed by atoms with Gasteiger partial charge in [-0.3, -0.25) is 14.6 Å². The SMILES string of the molecule is CN=C(NCc1cccc(NC(=O)C2CCCCC2)c1)N1CCCC(CC(N)=O)C1.I. The molecule has 1 saturated heterocycles. The van der Waals surface area contributed by atoms with Crippen LogP contribution in [-0.2, 0) is 16.1 Å². The Kier molecular flexibility index (Phi) is 10.6. The molecule has 1 saturated carbocycles. The molecule has 7 nitrogen and oxygen atoms in total. The van der Waals surface area contributed by atoms with Gasteiger partial charge in [-0.25, -0.2) is 0 Å². The van der Waals surface area contributed by atoms with Crippen LogP contribution < -0.4 is 16.4 Å². The molecule has 0 aromatic heterocycles. The van der Waals surface area contributed by atoms with E-state index in [9.17, 15) is 9.59 Å². The summed E-state index contributed by atoms with van der Waals surface area (Å²) in [6.45, 7) is 2.34. The number of anilines is 1. The molecule has 1 heterocycles. The van der Waals surface area contributed by atoms with Crippen LogP contribution in [0.25, 0.3) is 0 Å². The van der Waals surface area contributed by atoms with E-state index >= 15 is 0 Å². The van der Waals surface area contributed by atoms with Crippen LogP contribution in [0.4, 0.5) is 5.69 Å². The average Bonchev–Trinajstić information content (AvgIpc) is 2.75. The number of halogens is 1. The summed E-state index contributed by atoms with van der Waals surface area (Å²) in [6.07, 6.45) is 8.02. The Bertz CT molecular complexity index is 764. The maximum atomic E-state index is 12.5. The number of primary amides is 1. The summed E-state index contributed by atoms with van der Waals surface area (Å²) >= 11 is 0. The highest BCUT2D eigenvalue weighted by atomic mass is 127. The number of carbonyl (C=O) groups excluding carboxylic acids is 2. The fourth-order valence-corrected chi connectivity index (χ4v) is 4.59. The van der Waals surface area contributed by atoms with Gasteiger partial charge < -0.3 is 21.3 Å². The Morgan fingerprint density at radius 1 is 1.16 bits per heavy atom. The van der Waals surface area contributed by atoms with Gasteiger partial charge in [0.25, 0.3) is 0 Å². The lowest BCUT2D eigenvalue weighted by atomic mass is 9.88. The van der Waals surface area contributed by atoms with Crippen LogP contribution in [0.15, 0.2) is 29.3 Å². The second-order valence-electron chi connectivity index (χ2n) is 8.55. The number of benzene rings is 1. The van der Waals surface area contributed by atoms with Gasteiger partial charge >= 0.3 is 0 Å². The van der Waals surface area contributed by atoms with Crippen molar-refractivity contribution in [2.75, 3.05) is 25.5 Å². The van der Waals surface area contributed by atoms with E-state index in [0.717, 1.165) is 68.8 Å². The molecular formula is C23H36IN5O2. The molecule has 0 spiro atoms. The Hall–Kier alpha value is -1.84. The van der Waals surface area contributed by atoms with Gasteiger partial charge in [-0.15, -0.1) is 24.0 Å². The Morgan fingerprint density at radius 2 is 1.94 bits per heavy atom. The van der Waals surface area contributed by atoms with Crippen LogP contribution in [0.1, 0.15) is 56.9 Å². The van der Waals surface area contributed by atoms with E-state index in [1.54, 1.807) is 7.05 Å². The van der Waals surface area contributed by atoms with Crippen LogP contribution in [0, 0.1) is 11.8 Å². The molecule has 2 fully saturated rings. The molecule has 1 unspecified atom stereocenters. The predicted molar refractivity (Wildman–Crippen MR) is 135 cm³/mol. The number of aliphatic imine (C=N–C) groups is 1. The summed E-state index contributed by atoms with van der Waals surface area (Å²) in [5.41, 5.74) is 7.31. The third kappa shape index (κ3) is 7.97. The topological polar surface area (TPSA) is 99.8 Å². The quantitative estimate of drug-likeness (QED) is 0.292. The molecule has 3 rings (SSSR count). The van der Waals surface area contributed by atoms with Crippen molar-refractivity contribution in [1.29, 1.82) is 0 Å². The Morgan fingerprint density at radius 3 is 2.65 bits per heavy atom. The van der Waals surface area contributed by atoms with Crippen LogP contribution >= 0.6 is 24.0 Å². The van der Waals surface area contributed by atoms with Crippen molar-refractivity contribution in [2.45, 2.75) is 57.9 Å². The first-order chi connectivity index (χ1) is 14.5. The number of nitrogens with one attached hydrogen (secondary N) is 2. The van der Waals surface area contributed by atoms with E-state index in [2.05, 4.69) is 20.5 Å². The smallest absolute Gasteiger partial charge is 0.227 e. The van der Waals surface area contributed by atoms with Crippen LogP contribution in [0.5, 0.6) is 0 Å². The van der Waals surface area contributed by atoms with Crippen LogP contribution in [-0.4, -0.2) is 42.8 Å². The Labute approximate surface area is 202 Å². The highest BCUT2D eigenvalue weighted by Crippen LogP contribution is 2.25. The minimum Gasteiger partial charge on any atom is -0.370 e. The van der Waals surface area contributed by atoms with Crippen molar-refractivity contribution in [3.05, 3.63) is 29.8 Å². The van der Waals surface area contributed by atoms with Gasteiger partial charge in [-0.2, -0.15) is 0 Å². The number of hydrogen-bond acceptors (Lipinski definition) is 3. The molecular weight excluding hydrogens is 505 g/mol. The maximum absolute atomic E-state index is 12.5. The van der Waals surface area contributed by atoms with Crippen molar-refractivity contribution in [2.24, 2.45) is 22.6 Å². The molecule has 1 aliphatic carbocycles. The third-order valence-corrected chi connectivity index (χ3v) is 6.14. The lowest BCUT2D eigenvalue weighted by molar-refractivity contribution is -0.121. The van der Waals surface area contributed by atoms with E-state index in [4.69, 9.17) is 5.73 Å². The van der Waals surface area contributed by atoms with Gasteiger partial charge in [0.1, 0.15) is 0 Å². The summed E-state index contributed by atoms with van der Waals surface area (Å²) in [4.78, 5) is 30.4. The zero-order chi connectivity index (χ0) is 21.3. The molecule has 1 aliphatic heterocycles.